The molecule has 2 bridgehead atoms. The minimum atomic E-state index is 0. The highest BCUT2D eigenvalue weighted by molar-refractivity contribution is 5.98. The van der Waals surface area contributed by atoms with Crippen molar-refractivity contribution in [2.45, 2.75) is 44.1 Å². The summed E-state index contributed by atoms with van der Waals surface area (Å²) in [7, 11) is 0. The Hall–Kier alpha value is -1.06. The minimum absolute atomic E-state index is 0. The lowest BCUT2D eigenvalue weighted by Crippen LogP contribution is -2.60. The highest BCUT2D eigenvalue weighted by atomic mass is 35.5. The average molecular weight is 333 g/mol. The van der Waals surface area contributed by atoms with E-state index in [9.17, 15) is 4.79 Å². The molecule has 0 saturated carbocycles. The molecule has 1 aliphatic carbocycles. The van der Waals surface area contributed by atoms with Gasteiger partial charge in [-0.3, -0.25) is 4.79 Å². The molecule has 1 unspecified atom stereocenters. The zero-order valence-electron chi connectivity index (χ0n) is 13.5. The average Bonchev–Trinajstić information content (AvgIpc) is 2.59. The molecule has 4 heteroatoms. The second-order valence-electron chi connectivity index (χ2n) is 7.63. The Morgan fingerprint density at radius 3 is 2.61 bits per heavy atom. The Morgan fingerprint density at radius 1 is 1.04 bits per heavy atom. The largest absolute Gasteiger partial charge is 0.333 e. The Kier molecular flexibility index (Phi) is 3.89. The van der Waals surface area contributed by atoms with Gasteiger partial charge in [0.15, 0.2) is 0 Å². The van der Waals surface area contributed by atoms with Crippen LogP contribution in [0.25, 0.3) is 0 Å². The van der Waals surface area contributed by atoms with Crippen LogP contribution in [0.5, 0.6) is 0 Å². The summed E-state index contributed by atoms with van der Waals surface area (Å²) in [6.07, 6.45) is 6.27. The van der Waals surface area contributed by atoms with Crippen LogP contribution < -0.4 is 0 Å². The van der Waals surface area contributed by atoms with Gasteiger partial charge in [-0.1, -0.05) is 12.1 Å². The van der Waals surface area contributed by atoms with Crippen molar-refractivity contribution in [2.75, 3.05) is 26.2 Å². The zero-order chi connectivity index (χ0) is 14.7. The van der Waals surface area contributed by atoms with Crippen LogP contribution in [0.2, 0.25) is 0 Å². The smallest absolute Gasteiger partial charge is 0.254 e. The summed E-state index contributed by atoms with van der Waals surface area (Å²) in [6.45, 7) is 4.57. The summed E-state index contributed by atoms with van der Waals surface area (Å²) in [5, 5.41) is 0. The molecular weight excluding hydrogens is 308 g/mol. The van der Waals surface area contributed by atoms with E-state index in [1.54, 1.807) is 0 Å². The number of halogens is 1. The van der Waals surface area contributed by atoms with E-state index in [4.69, 9.17) is 0 Å². The summed E-state index contributed by atoms with van der Waals surface area (Å²) >= 11 is 0. The number of nitrogens with zero attached hydrogens (tertiary/aromatic N) is 2. The molecule has 0 radical (unpaired) electrons. The highest BCUT2D eigenvalue weighted by Gasteiger charge is 2.43. The van der Waals surface area contributed by atoms with Crippen molar-refractivity contribution in [3.8, 4) is 0 Å². The third kappa shape index (κ3) is 2.32. The molecule has 3 fully saturated rings. The number of piperidine rings is 3. The number of aryl methyl sites for hydroxylation is 1. The molecule has 0 N–H and O–H groups in total. The number of carbonyl (C=O) groups is 1. The lowest BCUT2D eigenvalue weighted by molar-refractivity contribution is 0.00258. The number of benzene rings is 1. The van der Waals surface area contributed by atoms with Crippen molar-refractivity contribution in [1.82, 2.24) is 9.80 Å². The Morgan fingerprint density at radius 2 is 1.87 bits per heavy atom. The Balaban J connectivity index is 0.00000135. The fourth-order valence-electron chi connectivity index (χ4n) is 5.41. The molecular formula is C19H25ClN2O. The SMILES string of the molecule is Cl.O=C1c2cccc3c2[C@@H](CCC3)CN1C1CN2CCC1CC2. The monoisotopic (exact) mass is 332 g/mol. The maximum atomic E-state index is 13.1. The van der Waals surface area contributed by atoms with Crippen LogP contribution in [-0.4, -0.2) is 47.9 Å². The van der Waals surface area contributed by atoms with Crippen LogP contribution in [0.1, 0.15) is 53.1 Å². The first-order valence-electron chi connectivity index (χ1n) is 8.96. The zero-order valence-corrected chi connectivity index (χ0v) is 14.4. The lowest BCUT2D eigenvalue weighted by atomic mass is 9.75. The van der Waals surface area contributed by atoms with Crippen molar-refractivity contribution in [3.05, 3.63) is 34.9 Å². The predicted molar refractivity (Wildman–Crippen MR) is 93.4 cm³/mol. The van der Waals surface area contributed by atoms with E-state index in [2.05, 4.69) is 28.0 Å². The van der Waals surface area contributed by atoms with E-state index in [1.165, 1.54) is 49.9 Å². The second-order valence-corrected chi connectivity index (χ2v) is 7.63. The molecule has 0 spiro atoms. The van der Waals surface area contributed by atoms with Gasteiger partial charge in [0, 0.05) is 30.6 Å². The van der Waals surface area contributed by atoms with Crippen molar-refractivity contribution in [3.63, 3.8) is 0 Å². The van der Waals surface area contributed by atoms with Crippen LogP contribution in [0, 0.1) is 5.92 Å². The normalized spacial score (nSPS) is 34.8. The summed E-state index contributed by atoms with van der Waals surface area (Å²) < 4.78 is 0. The first kappa shape index (κ1) is 15.5. The summed E-state index contributed by atoms with van der Waals surface area (Å²) in [5.74, 6) is 1.64. The first-order valence-corrected chi connectivity index (χ1v) is 8.96. The molecule has 124 valence electrons. The molecule has 3 saturated heterocycles. The maximum absolute atomic E-state index is 13.1. The first-order chi connectivity index (χ1) is 10.8. The van der Waals surface area contributed by atoms with Crippen LogP contribution in [0.4, 0.5) is 0 Å². The fourth-order valence-corrected chi connectivity index (χ4v) is 5.41. The fraction of sp³-hybridized carbons (Fsp3) is 0.632. The van der Waals surface area contributed by atoms with E-state index < -0.39 is 0 Å². The van der Waals surface area contributed by atoms with E-state index in [0.717, 1.165) is 31.0 Å². The van der Waals surface area contributed by atoms with Gasteiger partial charge >= 0.3 is 0 Å². The van der Waals surface area contributed by atoms with Gasteiger partial charge in [-0.05, 0) is 68.3 Å². The summed E-state index contributed by atoms with van der Waals surface area (Å²) in [4.78, 5) is 18.0. The topological polar surface area (TPSA) is 23.6 Å². The molecule has 4 aliphatic heterocycles. The van der Waals surface area contributed by atoms with Gasteiger partial charge in [0.05, 0.1) is 0 Å². The van der Waals surface area contributed by atoms with Gasteiger partial charge in [-0.25, -0.2) is 0 Å². The van der Waals surface area contributed by atoms with Gasteiger partial charge in [0.1, 0.15) is 0 Å². The lowest BCUT2D eigenvalue weighted by Gasteiger charge is -2.51. The van der Waals surface area contributed by atoms with Crippen molar-refractivity contribution >= 4 is 18.3 Å². The van der Waals surface area contributed by atoms with E-state index in [-0.39, 0.29) is 12.4 Å². The van der Waals surface area contributed by atoms with Crippen LogP contribution in [-0.2, 0) is 6.42 Å². The van der Waals surface area contributed by atoms with Crippen molar-refractivity contribution in [2.24, 2.45) is 5.92 Å². The van der Waals surface area contributed by atoms with Gasteiger partial charge in [0.25, 0.3) is 5.91 Å². The van der Waals surface area contributed by atoms with Gasteiger partial charge in [0.2, 0.25) is 0 Å². The van der Waals surface area contributed by atoms with Gasteiger partial charge < -0.3 is 9.80 Å². The third-order valence-corrected chi connectivity index (χ3v) is 6.53. The second kappa shape index (κ2) is 5.78. The number of amides is 1. The van der Waals surface area contributed by atoms with E-state index in [0.29, 0.717) is 17.9 Å². The van der Waals surface area contributed by atoms with Crippen LogP contribution >= 0.6 is 12.4 Å². The van der Waals surface area contributed by atoms with Crippen LogP contribution in [0.3, 0.4) is 0 Å². The summed E-state index contributed by atoms with van der Waals surface area (Å²) in [6, 6.07) is 6.87. The van der Waals surface area contributed by atoms with Gasteiger partial charge in [-0.2, -0.15) is 0 Å². The minimum Gasteiger partial charge on any atom is -0.333 e. The number of carbonyl (C=O) groups excluding carboxylic acids is 1. The molecule has 4 heterocycles. The Labute approximate surface area is 144 Å². The molecule has 5 aliphatic rings. The third-order valence-electron chi connectivity index (χ3n) is 6.53. The predicted octanol–water partition coefficient (Wildman–Crippen LogP) is 3.08. The molecule has 6 rings (SSSR count). The summed E-state index contributed by atoms with van der Waals surface area (Å²) in [5.41, 5.74) is 3.86. The maximum Gasteiger partial charge on any atom is 0.254 e. The standard InChI is InChI=1S/C19H24N2O.ClH/c22-19-16-6-2-4-14-3-1-5-15(18(14)16)11-21(19)17-12-20-9-7-13(17)8-10-20;/h2,4,6,13,15,17H,1,3,5,7-12H2;1H/t15-,17?;/m0./s1. The van der Waals surface area contributed by atoms with E-state index in [1.807, 2.05) is 0 Å². The number of hydrogen-bond acceptors (Lipinski definition) is 2. The van der Waals surface area contributed by atoms with Gasteiger partial charge in [-0.15, -0.1) is 12.4 Å². The molecule has 0 aromatic heterocycles. The van der Waals surface area contributed by atoms with Crippen molar-refractivity contribution in [1.29, 1.82) is 0 Å². The quantitative estimate of drug-likeness (QED) is 0.789. The molecule has 3 nitrogen and oxygen atoms in total. The van der Waals surface area contributed by atoms with Crippen LogP contribution in [0.15, 0.2) is 18.2 Å². The number of rotatable bonds is 1. The number of fused-ring (bicyclic) bond motifs is 3. The van der Waals surface area contributed by atoms with E-state index >= 15 is 0 Å². The molecule has 1 amide bonds. The highest BCUT2D eigenvalue weighted by Crippen LogP contribution is 2.41. The molecule has 2 atom stereocenters. The molecule has 1 aromatic carbocycles. The molecule has 23 heavy (non-hydrogen) atoms. The number of hydrogen-bond donors (Lipinski definition) is 0. The molecule has 1 aromatic rings. The van der Waals surface area contributed by atoms with Crippen molar-refractivity contribution < 1.29 is 4.79 Å². The Bertz CT molecular complexity index is 624.